The Balaban J connectivity index is 2.00. The molecule has 4 aromatic rings. The standard InChI is InChI=1S/C29H34NO/c1-8-29(6,9-2)31-27-12-10-11-22-23-15-16-30(7)28(25(23)14-13-24(22)27)26-18-19(3)17-20(4)21(26)5/h10-18H,8-9H2,1-7H3/q+1. The first-order valence-electron chi connectivity index (χ1n) is 11.4. The number of nitrogens with zero attached hydrogens (tertiary/aromatic N) is 1. The third kappa shape index (κ3) is 3.69. The number of ether oxygens (including phenoxy) is 1. The van der Waals surface area contributed by atoms with Gasteiger partial charge in [0.2, 0.25) is 5.69 Å². The molecule has 160 valence electrons. The van der Waals surface area contributed by atoms with Crippen molar-refractivity contribution in [3.05, 3.63) is 71.4 Å². The van der Waals surface area contributed by atoms with Crippen LogP contribution in [-0.4, -0.2) is 5.60 Å². The van der Waals surface area contributed by atoms with E-state index in [1.165, 1.54) is 49.5 Å². The molecule has 1 aromatic heterocycles. The van der Waals surface area contributed by atoms with E-state index in [0.717, 1.165) is 18.6 Å². The van der Waals surface area contributed by atoms with Gasteiger partial charge in [-0.05, 0) is 81.3 Å². The van der Waals surface area contributed by atoms with Crippen molar-refractivity contribution in [2.24, 2.45) is 7.05 Å². The average Bonchev–Trinajstić information content (AvgIpc) is 2.76. The second kappa shape index (κ2) is 8.00. The van der Waals surface area contributed by atoms with Gasteiger partial charge in [0.05, 0.1) is 10.9 Å². The van der Waals surface area contributed by atoms with Gasteiger partial charge in [-0.2, -0.15) is 0 Å². The Kier molecular flexibility index (Phi) is 5.51. The van der Waals surface area contributed by atoms with Gasteiger partial charge >= 0.3 is 0 Å². The lowest BCUT2D eigenvalue weighted by atomic mass is 9.93. The molecule has 0 spiro atoms. The minimum Gasteiger partial charge on any atom is -0.487 e. The van der Waals surface area contributed by atoms with Crippen LogP contribution in [0.1, 0.15) is 50.3 Å². The summed E-state index contributed by atoms with van der Waals surface area (Å²) in [6.07, 6.45) is 4.16. The van der Waals surface area contributed by atoms with E-state index in [-0.39, 0.29) is 5.60 Å². The van der Waals surface area contributed by atoms with Crippen molar-refractivity contribution in [2.45, 2.75) is 60.0 Å². The highest BCUT2D eigenvalue weighted by Gasteiger charge is 2.24. The van der Waals surface area contributed by atoms with E-state index < -0.39 is 0 Å². The molecule has 0 saturated carbocycles. The van der Waals surface area contributed by atoms with Crippen molar-refractivity contribution >= 4 is 21.5 Å². The van der Waals surface area contributed by atoms with Gasteiger partial charge in [0.25, 0.3) is 0 Å². The summed E-state index contributed by atoms with van der Waals surface area (Å²) in [5, 5.41) is 4.97. The highest BCUT2D eigenvalue weighted by atomic mass is 16.5. The molecule has 0 aliphatic rings. The van der Waals surface area contributed by atoms with Crippen LogP contribution >= 0.6 is 0 Å². The van der Waals surface area contributed by atoms with Crippen LogP contribution in [-0.2, 0) is 7.05 Å². The highest BCUT2D eigenvalue weighted by Crippen LogP contribution is 2.37. The molecule has 1 heterocycles. The zero-order valence-corrected chi connectivity index (χ0v) is 20.0. The summed E-state index contributed by atoms with van der Waals surface area (Å²) < 4.78 is 8.80. The number of rotatable bonds is 5. The Morgan fingerprint density at radius 3 is 2.23 bits per heavy atom. The largest absolute Gasteiger partial charge is 0.487 e. The zero-order valence-electron chi connectivity index (χ0n) is 20.0. The van der Waals surface area contributed by atoms with Crippen LogP contribution in [0.25, 0.3) is 32.8 Å². The second-order valence-electron chi connectivity index (χ2n) is 9.17. The molecule has 31 heavy (non-hydrogen) atoms. The summed E-state index contributed by atoms with van der Waals surface area (Å²) in [5.41, 5.74) is 6.40. The fourth-order valence-electron chi connectivity index (χ4n) is 4.56. The van der Waals surface area contributed by atoms with Crippen molar-refractivity contribution < 1.29 is 9.30 Å². The van der Waals surface area contributed by atoms with E-state index in [1.54, 1.807) is 0 Å². The summed E-state index contributed by atoms with van der Waals surface area (Å²) in [5.74, 6) is 0.975. The lowest BCUT2D eigenvalue weighted by molar-refractivity contribution is -0.659. The molecule has 0 radical (unpaired) electrons. The van der Waals surface area contributed by atoms with Gasteiger partial charge in [-0.3, -0.25) is 0 Å². The molecule has 0 atom stereocenters. The summed E-state index contributed by atoms with van der Waals surface area (Å²) in [6.45, 7) is 13.2. The number of aryl methyl sites for hydroxylation is 3. The molecule has 3 aromatic carbocycles. The molecule has 0 bridgehead atoms. The third-order valence-corrected chi connectivity index (χ3v) is 7.05. The van der Waals surface area contributed by atoms with Crippen LogP contribution < -0.4 is 9.30 Å². The number of fused-ring (bicyclic) bond motifs is 3. The molecule has 0 N–H and O–H groups in total. The van der Waals surface area contributed by atoms with Crippen molar-refractivity contribution in [1.82, 2.24) is 0 Å². The lowest BCUT2D eigenvalue weighted by Crippen LogP contribution is -2.31. The van der Waals surface area contributed by atoms with Gasteiger partial charge in [0, 0.05) is 16.8 Å². The van der Waals surface area contributed by atoms with E-state index in [4.69, 9.17) is 4.74 Å². The van der Waals surface area contributed by atoms with Crippen molar-refractivity contribution in [3.8, 4) is 17.0 Å². The quantitative estimate of drug-likeness (QED) is 0.246. The van der Waals surface area contributed by atoms with E-state index in [9.17, 15) is 0 Å². The van der Waals surface area contributed by atoms with Gasteiger partial charge in [0.15, 0.2) is 6.20 Å². The first-order valence-corrected chi connectivity index (χ1v) is 11.4. The highest BCUT2D eigenvalue weighted by molar-refractivity contribution is 6.12. The number of benzene rings is 3. The molecule has 2 nitrogen and oxygen atoms in total. The topological polar surface area (TPSA) is 13.1 Å². The molecule has 0 amide bonds. The summed E-state index contributed by atoms with van der Waals surface area (Å²) in [4.78, 5) is 0. The minimum absolute atomic E-state index is 0.145. The molecule has 0 fully saturated rings. The molecule has 4 rings (SSSR count). The summed E-state index contributed by atoms with van der Waals surface area (Å²) in [6, 6.07) is 17.8. The SMILES string of the molecule is CCC(C)(CC)Oc1cccc2c1ccc1c(-c3cc(C)cc(C)c3C)[n+](C)ccc12. The predicted octanol–water partition coefficient (Wildman–Crippen LogP) is 7.37. The predicted molar refractivity (Wildman–Crippen MR) is 132 cm³/mol. The monoisotopic (exact) mass is 412 g/mol. The zero-order chi connectivity index (χ0) is 22.3. The maximum Gasteiger partial charge on any atom is 0.220 e. The molecular formula is C29H34NO+. The normalized spacial score (nSPS) is 12.0. The van der Waals surface area contributed by atoms with Crippen molar-refractivity contribution in [2.75, 3.05) is 0 Å². The summed E-state index contributed by atoms with van der Waals surface area (Å²) >= 11 is 0. The van der Waals surface area contributed by atoms with Gasteiger partial charge in [-0.15, -0.1) is 0 Å². The minimum atomic E-state index is -0.145. The van der Waals surface area contributed by atoms with E-state index in [1.807, 2.05) is 0 Å². The van der Waals surface area contributed by atoms with E-state index in [2.05, 4.69) is 108 Å². The number of aromatic nitrogens is 1. The van der Waals surface area contributed by atoms with Gasteiger partial charge in [-0.1, -0.05) is 37.6 Å². The van der Waals surface area contributed by atoms with Crippen LogP contribution in [0.2, 0.25) is 0 Å². The Morgan fingerprint density at radius 2 is 1.52 bits per heavy atom. The Bertz CT molecular complexity index is 1280. The fourth-order valence-corrected chi connectivity index (χ4v) is 4.56. The van der Waals surface area contributed by atoms with Crippen molar-refractivity contribution in [1.29, 1.82) is 0 Å². The molecular weight excluding hydrogens is 378 g/mol. The average molecular weight is 413 g/mol. The van der Waals surface area contributed by atoms with Crippen LogP contribution in [0.3, 0.4) is 0 Å². The van der Waals surface area contributed by atoms with Crippen LogP contribution in [0.4, 0.5) is 0 Å². The van der Waals surface area contributed by atoms with Crippen molar-refractivity contribution in [3.63, 3.8) is 0 Å². The molecule has 0 unspecified atom stereocenters. The van der Waals surface area contributed by atoms with Gasteiger partial charge in [-0.25, -0.2) is 4.57 Å². The van der Waals surface area contributed by atoms with Gasteiger partial charge < -0.3 is 4.74 Å². The number of hydrogen-bond donors (Lipinski definition) is 0. The first kappa shape index (κ1) is 21.4. The number of hydrogen-bond acceptors (Lipinski definition) is 1. The maximum atomic E-state index is 6.55. The lowest BCUT2D eigenvalue weighted by Gasteiger charge is -2.29. The summed E-state index contributed by atoms with van der Waals surface area (Å²) in [7, 11) is 2.14. The second-order valence-corrected chi connectivity index (χ2v) is 9.17. The van der Waals surface area contributed by atoms with Gasteiger partial charge in [0.1, 0.15) is 18.4 Å². The first-order chi connectivity index (χ1) is 14.8. The van der Waals surface area contributed by atoms with Crippen LogP contribution in [0.15, 0.2) is 54.7 Å². The smallest absolute Gasteiger partial charge is 0.220 e. The Labute approximate surface area is 186 Å². The molecule has 0 aliphatic heterocycles. The molecule has 0 aliphatic carbocycles. The Morgan fingerprint density at radius 1 is 0.839 bits per heavy atom. The fraction of sp³-hybridized carbons (Fsp3) is 0.345. The van der Waals surface area contributed by atoms with Crippen LogP contribution in [0, 0.1) is 20.8 Å². The van der Waals surface area contributed by atoms with Crippen LogP contribution in [0.5, 0.6) is 5.75 Å². The maximum absolute atomic E-state index is 6.55. The van der Waals surface area contributed by atoms with E-state index >= 15 is 0 Å². The number of pyridine rings is 1. The third-order valence-electron chi connectivity index (χ3n) is 7.05. The molecule has 2 heteroatoms. The Hall–Kier alpha value is -2.87. The van der Waals surface area contributed by atoms with E-state index in [0.29, 0.717) is 0 Å². The molecule has 0 saturated heterocycles.